The van der Waals surface area contributed by atoms with Gasteiger partial charge in [-0.15, -0.1) is 0 Å². The molecule has 1 atom stereocenters. The zero-order valence-electron chi connectivity index (χ0n) is 11.1. The van der Waals surface area contributed by atoms with E-state index in [-0.39, 0.29) is 0 Å². The highest BCUT2D eigenvalue weighted by atomic mass is 79.9. The van der Waals surface area contributed by atoms with Gasteiger partial charge in [0.15, 0.2) is 6.04 Å². The average Bonchev–Trinajstić information content (AvgIpc) is 2.47. The highest BCUT2D eigenvalue weighted by Crippen LogP contribution is 2.30. The molecule has 0 aliphatic carbocycles. The van der Waals surface area contributed by atoms with Gasteiger partial charge < -0.3 is 15.2 Å². The highest BCUT2D eigenvalue weighted by Gasteiger charge is 2.22. The van der Waals surface area contributed by atoms with Crippen molar-refractivity contribution in [3.63, 3.8) is 0 Å². The molecule has 0 bridgehead atoms. The minimum Gasteiger partial charge on any atom is -0.497 e. The van der Waals surface area contributed by atoms with Crippen molar-refractivity contribution in [3.05, 3.63) is 57.5 Å². The lowest BCUT2D eigenvalue weighted by atomic mass is 10.1. The molecule has 0 saturated heterocycles. The summed E-state index contributed by atoms with van der Waals surface area (Å²) in [5, 5.41) is 12.8. The van der Waals surface area contributed by atoms with Crippen LogP contribution in [0.25, 0.3) is 0 Å². The lowest BCUT2D eigenvalue weighted by Gasteiger charge is -2.18. The number of carboxylic acids is 1. The molecule has 2 aromatic rings. The number of benzene rings is 2. The van der Waals surface area contributed by atoms with Crippen LogP contribution >= 0.6 is 27.5 Å². The van der Waals surface area contributed by atoms with Gasteiger partial charge in [-0.25, -0.2) is 4.79 Å². The predicted molar refractivity (Wildman–Crippen MR) is 86.1 cm³/mol. The third-order valence-electron chi connectivity index (χ3n) is 2.90. The second kappa shape index (κ2) is 6.83. The molecule has 0 aliphatic heterocycles. The molecule has 0 aromatic heterocycles. The Labute approximate surface area is 135 Å². The normalized spacial score (nSPS) is 11.8. The second-order valence-corrected chi connectivity index (χ2v) is 5.64. The molecule has 2 aromatic carbocycles. The number of ether oxygens (including phenoxy) is 1. The van der Waals surface area contributed by atoms with Gasteiger partial charge in [0.05, 0.1) is 7.11 Å². The largest absolute Gasteiger partial charge is 0.497 e. The first-order valence-electron chi connectivity index (χ1n) is 6.09. The minimum absolute atomic E-state index is 0.390. The first-order chi connectivity index (χ1) is 10.0. The van der Waals surface area contributed by atoms with Gasteiger partial charge in [-0.3, -0.25) is 0 Å². The molecule has 0 amide bonds. The van der Waals surface area contributed by atoms with Crippen molar-refractivity contribution in [2.75, 3.05) is 12.4 Å². The lowest BCUT2D eigenvalue weighted by Crippen LogP contribution is -2.21. The number of rotatable bonds is 5. The molecule has 0 aliphatic rings. The van der Waals surface area contributed by atoms with E-state index in [9.17, 15) is 9.90 Å². The first kappa shape index (κ1) is 15.7. The lowest BCUT2D eigenvalue weighted by molar-refractivity contribution is -0.138. The molecule has 0 fully saturated rings. The van der Waals surface area contributed by atoms with E-state index in [1.165, 1.54) is 0 Å². The van der Waals surface area contributed by atoms with E-state index >= 15 is 0 Å². The van der Waals surface area contributed by atoms with Crippen molar-refractivity contribution in [2.45, 2.75) is 6.04 Å². The zero-order valence-corrected chi connectivity index (χ0v) is 13.5. The minimum atomic E-state index is -1.02. The van der Waals surface area contributed by atoms with Crippen LogP contribution < -0.4 is 10.1 Å². The van der Waals surface area contributed by atoms with Crippen LogP contribution in [-0.4, -0.2) is 18.2 Å². The Morgan fingerprint density at radius 1 is 1.33 bits per heavy atom. The third-order valence-corrected chi connectivity index (χ3v) is 3.73. The van der Waals surface area contributed by atoms with Crippen LogP contribution in [0.4, 0.5) is 5.69 Å². The van der Waals surface area contributed by atoms with Crippen LogP contribution in [0.1, 0.15) is 11.6 Å². The fraction of sp³-hybridized carbons (Fsp3) is 0.133. The van der Waals surface area contributed by atoms with Crippen LogP contribution in [0.3, 0.4) is 0 Å². The molecular formula is C15H13BrClNO3. The summed E-state index contributed by atoms with van der Waals surface area (Å²) in [6.07, 6.45) is 0. The number of methoxy groups -OCH3 is 1. The van der Waals surface area contributed by atoms with Gasteiger partial charge in [0.1, 0.15) is 5.75 Å². The van der Waals surface area contributed by atoms with Crippen molar-refractivity contribution in [2.24, 2.45) is 0 Å². The molecule has 0 saturated carbocycles. The molecule has 4 nitrogen and oxygen atoms in total. The summed E-state index contributed by atoms with van der Waals surface area (Å²) in [6, 6.07) is 11.2. The van der Waals surface area contributed by atoms with Crippen molar-refractivity contribution < 1.29 is 14.6 Å². The van der Waals surface area contributed by atoms with Gasteiger partial charge in [0.25, 0.3) is 0 Å². The molecule has 110 valence electrons. The number of halogens is 2. The van der Waals surface area contributed by atoms with Crippen LogP contribution in [-0.2, 0) is 4.79 Å². The fourth-order valence-corrected chi connectivity index (χ4v) is 2.49. The Morgan fingerprint density at radius 2 is 2.10 bits per heavy atom. The summed E-state index contributed by atoms with van der Waals surface area (Å²) in [5.41, 5.74) is 1.12. The van der Waals surface area contributed by atoms with E-state index in [4.69, 9.17) is 16.3 Å². The van der Waals surface area contributed by atoms with Gasteiger partial charge >= 0.3 is 5.97 Å². The van der Waals surface area contributed by atoms with E-state index in [1.54, 1.807) is 49.6 Å². The molecule has 1 unspecified atom stereocenters. The number of carboxylic acid groups (broad SMARTS) is 1. The zero-order chi connectivity index (χ0) is 15.4. The Hall–Kier alpha value is -1.72. The van der Waals surface area contributed by atoms with Gasteiger partial charge in [-0.2, -0.15) is 0 Å². The van der Waals surface area contributed by atoms with Gasteiger partial charge in [0.2, 0.25) is 0 Å². The van der Waals surface area contributed by atoms with Crippen LogP contribution in [0.2, 0.25) is 5.02 Å². The summed E-state index contributed by atoms with van der Waals surface area (Å²) in [5.74, 6) is -0.373. The SMILES string of the molecule is COc1cccc(NC(C(=O)O)c2cc(Br)ccc2Cl)c1. The Kier molecular flexibility index (Phi) is 5.09. The van der Waals surface area contributed by atoms with E-state index < -0.39 is 12.0 Å². The van der Waals surface area contributed by atoms with Crippen LogP contribution in [0.15, 0.2) is 46.9 Å². The molecule has 2 rings (SSSR count). The third kappa shape index (κ3) is 3.89. The van der Waals surface area contributed by atoms with Crippen molar-refractivity contribution >= 4 is 39.2 Å². The number of aliphatic carboxylic acids is 1. The molecule has 0 spiro atoms. The smallest absolute Gasteiger partial charge is 0.330 e. The molecular weight excluding hydrogens is 358 g/mol. The summed E-state index contributed by atoms with van der Waals surface area (Å²) in [4.78, 5) is 11.6. The van der Waals surface area contributed by atoms with Crippen molar-refractivity contribution in [1.29, 1.82) is 0 Å². The predicted octanol–water partition coefficient (Wildman–Crippen LogP) is 4.35. The monoisotopic (exact) mass is 369 g/mol. The van der Waals surface area contributed by atoms with Crippen LogP contribution in [0, 0.1) is 0 Å². The van der Waals surface area contributed by atoms with Crippen LogP contribution in [0.5, 0.6) is 5.75 Å². The molecule has 0 heterocycles. The van der Waals surface area contributed by atoms with Crippen molar-refractivity contribution in [1.82, 2.24) is 0 Å². The maximum Gasteiger partial charge on any atom is 0.330 e. The Bertz CT molecular complexity index is 663. The molecule has 6 heteroatoms. The van der Waals surface area contributed by atoms with Gasteiger partial charge in [0, 0.05) is 26.8 Å². The standard InChI is InChI=1S/C15H13BrClNO3/c1-21-11-4-2-3-10(8-11)18-14(15(19)20)12-7-9(16)5-6-13(12)17/h2-8,14,18H,1H3,(H,19,20). The Balaban J connectivity index is 2.35. The van der Waals surface area contributed by atoms with Crippen molar-refractivity contribution in [3.8, 4) is 5.75 Å². The van der Waals surface area contributed by atoms with Gasteiger partial charge in [-0.05, 0) is 30.3 Å². The maximum atomic E-state index is 11.6. The summed E-state index contributed by atoms with van der Waals surface area (Å²) < 4.78 is 5.89. The topological polar surface area (TPSA) is 58.6 Å². The maximum absolute atomic E-state index is 11.6. The number of nitrogens with one attached hydrogen (secondary N) is 1. The number of carbonyl (C=O) groups is 1. The summed E-state index contributed by atoms with van der Waals surface area (Å²) in [6.45, 7) is 0. The van der Waals surface area contributed by atoms with E-state index in [1.807, 2.05) is 0 Å². The number of hydrogen-bond donors (Lipinski definition) is 2. The molecule has 0 radical (unpaired) electrons. The summed E-state index contributed by atoms with van der Waals surface area (Å²) in [7, 11) is 1.55. The highest BCUT2D eigenvalue weighted by molar-refractivity contribution is 9.10. The number of hydrogen-bond acceptors (Lipinski definition) is 3. The fourth-order valence-electron chi connectivity index (χ4n) is 1.89. The average molecular weight is 371 g/mol. The van der Waals surface area contributed by atoms with E-state index in [2.05, 4.69) is 21.2 Å². The number of anilines is 1. The van der Waals surface area contributed by atoms with E-state index in [0.717, 1.165) is 4.47 Å². The second-order valence-electron chi connectivity index (χ2n) is 4.31. The van der Waals surface area contributed by atoms with E-state index in [0.29, 0.717) is 22.0 Å². The first-order valence-corrected chi connectivity index (χ1v) is 7.26. The quantitative estimate of drug-likeness (QED) is 0.821. The summed E-state index contributed by atoms with van der Waals surface area (Å²) >= 11 is 9.43. The van der Waals surface area contributed by atoms with Gasteiger partial charge in [-0.1, -0.05) is 33.6 Å². The molecule has 2 N–H and O–H groups in total. The molecule has 21 heavy (non-hydrogen) atoms. The Morgan fingerprint density at radius 3 is 2.76 bits per heavy atom.